The predicted octanol–water partition coefficient (Wildman–Crippen LogP) is 3.27. The molecule has 2 rings (SSSR count). The van der Waals surface area contributed by atoms with Crippen LogP contribution in [0.15, 0.2) is 9.52 Å². The van der Waals surface area contributed by atoms with Crippen molar-refractivity contribution in [2.45, 2.75) is 66.0 Å². The SMILES string of the molecule is CCNC(=NCc1nc(C)no1)NC1CCC(C(C)C)CC1.I. The maximum absolute atomic E-state index is 5.10. The van der Waals surface area contributed by atoms with Crippen molar-refractivity contribution in [3.63, 3.8) is 0 Å². The molecule has 0 amide bonds. The first-order chi connectivity index (χ1) is 10.6. The van der Waals surface area contributed by atoms with Crippen LogP contribution in [-0.2, 0) is 6.54 Å². The number of rotatable bonds is 5. The molecule has 6 nitrogen and oxygen atoms in total. The molecule has 23 heavy (non-hydrogen) atoms. The quantitative estimate of drug-likeness (QED) is 0.422. The van der Waals surface area contributed by atoms with E-state index in [2.05, 4.69) is 46.5 Å². The molecule has 0 spiro atoms. The van der Waals surface area contributed by atoms with E-state index >= 15 is 0 Å². The second-order valence-electron chi connectivity index (χ2n) is 6.43. The van der Waals surface area contributed by atoms with Crippen molar-refractivity contribution < 1.29 is 4.52 Å². The van der Waals surface area contributed by atoms with Crippen LogP contribution in [0.25, 0.3) is 0 Å². The van der Waals surface area contributed by atoms with Gasteiger partial charge in [0.2, 0.25) is 5.89 Å². The molecule has 0 unspecified atom stereocenters. The highest BCUT2D eigenvalue weighted by Crippen LogP contribution is 2.29. The third-order valence-corrected chi connectivity index (χ3v) is 4.34. The fraction of sp³-hybridized carbons (Fsp3) is 0.812. The van der Waals surface area contributed by atoms with E-state index in [1.54, 1.807) is 0 Å². The van der Waals surface area contributed by atoms with Gasteiger partial charge in [0.05, 0.1) is 0 Å². The summed E-state index contributed by atoms with van der Waals surface area (Å²) in [7, 11) is 0. The second kappa shape index (κ2) is 10.1. The number of hydrogen-bond donors (Lipinski definition) is 2. The van der Waals surface area contributed by atoms with Crippen LogP contribution in [0.2, 0.25) is 0 Å². The molecule has 0 aliphatic heterocycles. The second-order valence-corrected chi connectivity index (χ2v) is 6.43. The van der Waals surface area contributed by atoms with Gasteiger partial charge in [-0.25, -0.2) is 4.99 Å². The molecule has 1 fully saturated rings. The first-order valence-electron chi connectivity index (χ1n) is 8.42. The molecule has 0 radical (unpaired) electrons. The molecule has 0 atom stereocenters. The molecule has 1 saturated carbocycles. The van der Waals surface area contributed by atoms with Gasteiger partial charge in [0.1, 0.15) is 6.54 Å². The van der Waals surface area contributed by atoms with Crippen LogP contribution in [0, 0.1) is 18.8 Å². The molecular weight excluding hydrogens is 405 g/mol. The van der Waals surface area contributed by atoms with Gasteiger partial charge in [-0.1, -0.05) is 19.0 Å². The standard InChI is InChI=1S/C16H29N5O.HI/c1-5-17-16(18-10-15-19-12(4)21-22-15)20-14-8-6-13(7-9-14)11(2)3;/h11,13-14H,5-10H2,1-4H3,(H2,17,18,20);1H. The van der Waals surface area contributed by atoms with Crippen LogP contribution in [0.4, 0.5) is 0 Å². The smallest absolute Gasteiger partial charge is 0.248 e. The number of aromatic nitrogens is 2. The Kier molecular flexibility index (Phi) is 8.86. The highest BCUT2D eigenvalue weighted by molar-refractivity contribution is 14.0. The van der Waals surface area contributed by atoms with Crippen molar-refractivity contribution in [3.05, 3.63) is 11.7 Å². The maximum Gasteiger partial charge on any atom is 0.248 e. The van der Waals surface area contributed by atoms with Gasteiger partial charge in [0.25, 0.3) is 0 Å². The Bertz CT molecular complexity index is 481. The number of guanidine groups is 1. The Hall–Kier alpha value is -0.860. The summed E-state index contributed by atoms with van der Waals surface area (Å²) < 4.78 is 5.10. The van der Waals surface area contributed by atoms with Crippen LogP contribution in [0.3, 0.4) is 0 Å². The van der Waals surface area contributed by atoms with Crippen LogP contribution in [0.5, 0.6) is 0 Å². The van der Waals surface area contributed by atoms with E-state index in [1.165, 1.54) is 25.7 Å². The average molecular weight is 435 g/mol. The Labute approximate surface area is 156 Å². The lowest BCUT2D eigenvalue weighted by molar-refractivity contribution is 0.250. The molecule has 1 heterocycles. The first kappa shape index (κ1) is 20.2. The molecule has 132 valence electrons. The Morgan fingerprint density at radius 1 is 1.30 bits per heavy atom. The van der Waals surface area contributed by atoms with Gasteiger partial charge in [0, 0.05) is 12.6 Å². The average Bonchev–Trinajstić information content (AvgIpc) is 2.91. The van der Waals surface area contributed by atoms with E-state index in [9.17, 15) is 0 Å². The van der Waals surface area contributed by atoms with Gasteiger partial charge in [-0.05, 0) is 51.4 Å². The number of aryl methyl sites for hydroxylation is 1. The van der Waals surface area contributed by atoms with Crippen molar-refractivity contribution in [2.24, 2.45) is 16.8 Å². The zero-order valence-electron chi connectivity index (χ0n) is 14.6. The first-order valence-corrected chi connectivity index (χ1v) is 8.42. The summed E-state index contributed by atoms with van der Waals surface area (Å²) in [6, 6.07) is 0.511. The van der Waals surface area contributed by atoms with Crippen LogP contribution in [-0.4, -0.2) is 28.7 Å². The zero-order valence-corrected chi connectivity index (χ0v) is 17.0. The topological polar surface area (TPSA) is 75.3 Å². The Morgan fingerprint density at radius 3 is 2.52 bits per heavy atom. The highest BCUT2D eigenvalue weighted by atomic mass is 127. The molecule has 0 bridgehead atoms. The van der Waals surface area contributed by atoms with Crippen molar-refractivity contribution >= 4 is 29.9 Å². The lowest BCUT2D eigenvalue weighted by Gasteiger charge is -2.32. The van der Waals surface area contributed by atoms with E-state index in [1.807, 2.05) is 6.92 Å². The third-order valence-electron chi connectivity index (χ3n) is 4.34. The molecule has 0 saturated heterocycles. The lowest BCUT2D eigenvalue weighted by Crippen LogP contribution is -2.45. The fourth-order valence-corrected chi connectivity index (χ4v) is 2.99. The summed E-state index contributed by atoms with van der Waals surface area (Å²) in [5, 5.41) is 10.6. The fourth-order valence-electron chi connectivity index (χ4n) is 2.99. The van der Waals surface area contributed by atoms with Crippen molar-refractivity contribution in [1.29, 1.82) is 0 Å². The summed E-state index contributed by atoms with van der Waals surface area (Å²) in [5.41, 5.74) is 0. The minimum atomic E-state index is 0. The molecule has 1 aromatic rings. The number of aliphatic imine (C=N–C) groups is 1. The molecule has 2 N–H and O–H groups in total. The largest absolute Gasteiger partial charge is 0.357 e. The number of halogens is 1. The Morgan fingerprint density at radius 2 is 2.00 bits per heavy atom. The van der Waals surface area contributed by atoms with E-state index in [4.69, 9.17) is 4.52 Å². The van der Waals surface area contributed by atoms with Gasteiger partial charge >= 0.3 is 0 Å². The minimum Gasteiger partial charge on any atom is -0.357 e. The Balaban J connectivity index is 0.00000264. The summed E-state index contributed by atoms with van der Waals surface area (Å²) in [6.45, 7) is 9.80. The van der Waals surface area contributed by atoms with E-state index < -0.39 is 0 Å². The van der Waals surface area contributed by atoms with Gasteiger partial charge < -0.3 is 15.2 Å². The number of hydrogen-bond acceptors (Lipinski definition) is 4. The monoisotopic (exact) mass is 435 g/mol. The highest BCUT2D eigenvalue weighted by Gasteiger charge is 2.23. The number of nitrogens with one attached hydrogen (secondary N) is 2. The molecular formula is C16H30IN5O. The van der Waals surface area contributed by atoms with Crippen LogP contribution in [0.1, 0.15) is 58.2 Å². The molecule has 0 aromatic carbocycles. The van der Waals surface area contributed by atoms with Gasteiger partial charge in [-0.15, -0.1) is 24.0 Å². The van der Waals surface area contributed by atoms with Crippen LogP contribution < -0.4 is 10.6 Å². The summed E-state index contributed by atoms with van der Waals surface area (Å²) in [6.07, 6.45) is 5.04. The zero-order chi connectivity index (χ0) is 15.9. The minimum absolute atomic E-state index is 0. The van der Waals surface area contributed by atoms with Crippen LogP contribution >= 0.6 is 24.0 Å². The lowest BCUT2D eigenvalue weighted by atomic mass is 9.80. The predicted molar refractivity (Wildman–Crippen MR) is 103 cm³/mol. The summed E-state index contributed by atoms with van der Waals surface area (Å²) in [4.78, 5) is 8.72. The van der Waals surface area contributed by atoms with E-state index in [0.717, 1.165) is 24.3 Å². The number of nitrogens with zero attached hydrogens (tertiary/aromatic N) is 3. The third kappa shape index (κ3) is 6.64. The van der Waals surface area contributed by atoms with E-state index in [0.29, 0.717) is 24.3 Å². The molecule has 1 aromatic heterocycles. The normalized spacial score (nSPS) is 21.9. The maximum atomic E-state index is 5.10. The summed E-state index contributed by atoms with van der Waals surface area (Å²) in [5.74, 6) is 3.71. The molecule has 7 heteroatoms. The van der Waals surface area contributed by atoms with E-state index in [-0.39, 0.29) is 24.0 Å². The molecule has 1 aliphatic rings. The van der Waals surface area contributed by atoms with Crippen molar-refractivity contribution in [2.75, 3.05) is 6.54 Å². The summed E-state index contributed by atoms with van der Waals surface area (Å²) >= 11 is 0. The molecule has 1 aliphatic carbocycles. The van der Waals surface area contributed by atoms with Gasteiger partial charge in [0.15, 0.2) is 11.8 Å². The van der Waals surface area contributed by atoms with Gasteiger partial charge in [-0.3, -0.25) is 0 Å². The van der Waals surface area contributed by atoms with Crippen molar-refractivity contribution in [1.82, 2.24) is 20.8 Å². The van der Waals surface area contributed by atoms with Crippen molar-refractivity contribution in [3.8, 4) is 0 Å². The van der Waals surface area contributed by atoms with Gasteiger partial charge in [-0.2, -0.15) is 4.98 Å².